The van der Waals surface area contributed by atoms with Gasteiger partial charge in [-0.05, 0) is 0 Å². The molecule has 1 aromatic carbocycles. The first-order valence-corrected chi connectivity index (χ1v) is 3.98. The number of aliphatic hydroxyl groups is 1. The zero-order valence-electron chi connectivity index (χ0n) is 7.45. The molecule has 0 unspecified atom stereocenters. The van der Waals surface area contributed by atoms with Gasteiger partial charge >= 0.3 is 6.18 Å². The lowest BCUT2D eigenvalue weighted by Crippen LogP contribution is -2.20. The van der Waals surface area contributed by atoms with E-state index in [1.807, 2.05) is 0 Å². The van der Waals surface area contributed by atoms with E-state index in [0.717, 1.165) is 0 Å². The Morgan fingerprint density at radius 3 is 2.20 bits per heavy atom. The number of carbonyl (C=O) groups is 1. The van der Waals surface area contributed by atoms with E-state index < -0.39 is 17.7 Å². The number of benzene rings is 1. The molecule has 1 N–H and O–H groups in total. The number of halogens is 3. The van der Waals surface area contributed by atoms with E-state index in [-0.39, 0.29) is 11.6 Å². The molecule has 0 aromatic heterocycles. The van der Waals surface area contributed by atoms with Crippen molar-refractivity contribution in [3.05, 3.63) is 42.0 Å². The highest BCUT2D eigenvalue weighted by Gasteiger charge is 2.36. The van der Waals surface area contributed by atoms with E-state index in [1.165, 1.54) is 24.3 Å². The number of allylic oxidation sites excluding steroid dienone is 1. The van der Waals surface area contributed by atoms with Gasteiger partial charge < -0.3 is 5.11 Å². The van der Waals surface area contributed by atoms with Crippen LogP contribution in [-0.2, 0) is 4.79 Å². The normalized spacial score (nSPS) is 12.6. The first-order chi connectivity index (χ1) is 6.91. The summed E-state index contributed by atoms with van der Waals surface area (Å²) in [7, 11) is 0. The van der Waals surface area contributed by atoms with Crippen molar-refractivity contribution in [2.75, 3.05) is 0 Å². The molecule has 0 amide bonds. The predicted octanol–water partition coefficient (Wildman–Crippen LogP) is 2.72. The summed E-state index contributed by atoms with van der Waals surface area (Å²) in [6.07, 6.45) is -4.79. The van der Waals surface area contributed by atoms with Gasteiger partial charge in [0, 0.05) is 11.6 Å². The van der Waals surface area contributed by atoms with Gasteiger partial charge in [0.05, 0.1) is 0 Å². The minimum absolute atomic E-state index is 0.162. The lowest BCUT2D eigenvalue weighted by atomic mass is 10.1. The third kappa shape index (κ3) is 3.12. The highest BCUT2D eigenvalue weighted by molar-refractivity contribution is 5.99. The summed E-state index contributed by atoms with van der Waals surface area (Å²) in [6.45, 7) is 0. The molecule has 0 aliphatic heterocycles. The number of rotatable bonds is 2. The average molecular weight is 216 g/mol. The Balaban J connectivity index is 2.91. The first-order valence-electron chi connectivity index (χ1n) is 3.98. The molecule has 0 spiro atoms. The number of carbonyl (C=O) groups excluding carboxylic acids is 1. The van der Waals surface area contributed by atoms with Crippen LogP contribution in [0.4, 0.5) is 13.2 Å². The summed E-state index contributed by atoms with van der Waals surface area (Å²) >= 11 is 0. The van der Waals surface area contributed by atoms with Crippen LogP contribution in [0.1, 0.15) is 5.56 Å². The number of hydrogen-bond acceptors (Lipinski definition) is 2. The van der Waals surface area contributed by atoms with Crippen molar-refractivity contribution in [2.24, 2.45) is 0 Å². The molecular weight excluding hydrogens is 209 g/mol. The maximum atomic E-state index is 11.8. The molecular formula is C10H7F3O2. The summed E-state index contributed by atoms with van der Waals surface area (Å²) in [4.78, 5) is 10.5. The molecule has 5 heteroatoms. The Morgan fingerprint density at radius 2 is 1.73 bits per heavy atom. The van der Waals surface area contributed by atoms with Gasteiger partial charge in [-0.15, -0.1) is 0 Å². The molecule has 0 aliphatic rings. The van der Waals surface area contributed by atoms with E-state index in [2.05, 4.69) is 0 Å². The second-order valence-corrected chi connectivity index (χ2v) is 2.76. The van der Waals surface area contributed by atoms with Gasteiger partial charge in [0.25, 0.3) is 5.78 Å². The van der Waals surface area contributed by atoms with Gasteiger partial charge in [0.1, 0.15) is 5.76 Å². The van der Waals surface area contributed by atoms with Gasteiger partial charge in [-0.3, -0.25) is 4.79 Å². The molecule has 0 radical (unpaired) electrons. The monoisotopic (exact) mass is 216 g/mol. The van der Waals surface area contributed by atoms with E-state index in [9.17, 15) is 23.1 Å². The van der Waals surface area contributed by atoms with Gasteiger partial charge in [-0.2, -0.15) is 13.2 Å². The van der Waals surface area contributed by atoms with Crippen molar-refractivity contribution in [1.29, 1.82) is 0 Å². The quantitative estimate of drug-likeness (QED) is 0.609. The minimum atomic E-state index is -4.96. The molecule has 0 heterocycles. The Hall–Kier alpha value is -1.78. The smallest absolute Gasteiger partial charge is 0.454 e. The van der Waals surface area contributed by atoms with Gasteiger partial charge in [0.2, 0.25) is 0 Å². The molecule has 0 atom stereocenters. The van der Waals surface area contributed by atoms with E-state index in [4.69, 9.17) is 0 Å². The molecule has 0 aliphatic carbocycles. The molecule has 2 nitrogen and oxygen atoms in total. The van der Waals surface area contributed by atoms with Crippen molar-refractivity contribution < 1.29 is 23.1 Å². The van der Waals surface area contributed by atoms with Crippen molar-refractivity contribution in [3.8, 4) is 0 Å². The van der Waals surface area contributed by atoms with Crippen molar-refractivity contribution in [1.82, 2.24) is 0 Å². The molecule has 0 saturated carbocycles. The first kappa shape index (κ1) is 11.3. The second-order valence-electron chi connectivity index (χ2n) is 2.76. The minimum Gasteiger partial charge on any atom is -0.507 e. The third-order valence-corrected chi connectivity index (χ3v) is 1.62. The van der Waals surface area contributed by atoms with Crippen LogP contribution in [0, 0.1) is 0 Å². The summed E-state index contributed by atoms with van der Waals surface area (Å²) < 4.78 is 35.5. The van der Waals surface area contributed by atoms with Crippen LogP contribution >= 0.6 is 0 Å². The topological polar surface area (TPSA) is 37.3 Å². The number of hydrogen-bond donors (Lipinski definition) is 1. The maximum Gasteiger partial charge on any atom is 0.454 e. The van der Waals surface area contributed by atoms with Crippen LogP contribution in [0.25, 0.3) is 5.76 Å². The highest BCUT2D eigenvalue weighted by Crippen LogP contribution is 2.19. The fourth-order valence-corrected chi connectivity index (χ4v) is 0.898. The van der Waals surface area contributed by atoms with E-state index >= 15 is 0 Å². The van der Waals surface area contributed by atoms with Crippen LogP contribution in [-0.4, -0.2) is 17.1 Å². The van der Waals surface area contributed by atoms with Crippen LogP contribution < -0.4 is 0 Å². The van der Waals surface area contributed by atoms with Crippen molar-refractivity contribution in [3.63, 3.8) is 0 Å². The number of aliphatic hydroxyl groups excluding tert-OH is 1. The summed E-state index contributed by atoms with van der Waals surface area (Å²) in [5.74, 6) is -2.78. The fraction of sp³-hybridized carbons (Fsp3) is 0.100. The van der Waals surface area contributed by atoms with Gasteiger partial charge in [0.15, 0.2) is 0 Å². The third-order valence-electron chi connectivity index (χ3n) is 1.62. The van der Waals surface area contributed by atoms with Gasteiger partial charge in [-0.25, -0.2) is 0 Å². The van der Waals surface area contributed by atoms with Crippen LogP contribution in [0.3, 0.4) is 0 Å². The second kappa shape index (κ2) is 4.16. The van der Waals surface area contributed by atoms with E-state index in [0.29, 0.717) is 0 Å². The molecule has 15 heavy (non-hydrogen) atoms. The van der Waals surface area contributed by atoms with Crippen LogP contribution in [0.5, 0.6) is 0 Å². The Bertz CT molecular complexity index is 379. The highest BCUT2D eigenvalue weighted by atomic mass is 19.4. The molecule has 0 saturated heterocycles. The lowest BCUT2D eigenvalue weighted by molar-refractivity contribution is -0.165. The summed E-state index contributed by atoms with van der Waals surface area (Å²) in [5, 5.41) is 9.19. The molecule has 1 aromatic rings. The average Bonchev–Trinajstić information content (AvgIpc) is 2.17. The van der Waals surface area contributed by atoms with Gasteiger partial charge in [-0.1, -0.05) is 30.3 Å². The zero-order valence-corrected chi connectivity index (χ0v) is 7.45. The number of alkyl halides is 3. The number of ketones is 1. The Morgan fingerprint density at radius 1 is 1.20 bits per heavy atom. The van der Waals surface area contributed by atoms with E-state index in [1.54, 1.807) is 6.07 Å². The largest absolute Gasteiger partial charge is 0.507 e. The standard InChI is InChI=1S/C10H7F3O2/c11-10(12,13)9(15)6-8(14)7-4-2-1-3-5-7/h1-6,14H/b8-6-. The lowest BCUT2D eigenvalue weighted by Gasteiger charge is -2.02. The van der Waals surface area contributed by atoms with Crippen molar-refractivity contribution >= 4 is 11.5 Å². The molecule has 80 valence electrons. The van der Waals surface area contributed by atoms with Crippen molar-refractivity contribution in [2.45, 2.75) is 6.18 Å². The van der Waals surface area contributed by atoms with Crippen LogP contribution in [0.2, 0.25) is 0 Å². The predicted molar refractivity (Wildman–Crippen MR) is 48.1 cm³/mol. The fourth-order valence-electron chi connectivity index (χ4n) is 0.898. The summed E-state index contributed by atoms with van der Waals surface area (Å²) in [5.41, 5.74) is 0.162. The maximum absolute atomic E-state index is 11.8. The Kier molecular flexibility index (Phi) is 3.14. The summed E-state index contributed by atoms with van der Waals surface area (Å²) in [6, 6.07) is 7.52. The molecule has 0 bridgehead atoms. The Labute approximate surface area is 83.7 Å². The van der Waals surface area contributed by atoms with Crippen LogP contribution in [0.15, 0.2) is 36.4 Å². The zero-order chi connectivity index (χ0) is 11.5. The molecule has 1 rings (SSSR count). The molecule has 0 fully saturated rings. The SMILES string of the molecule is O=C(/C=C(\O)c1ccccc1)C(F)(F)F.